The molecular weight excluding hydrogens is 344 g/mol. The van der Waals surface area contributed by atoms with Crippen molar-refractivity contribution in [1.82, 2.24) is 15.1 Å². The molecule has 3 aliphatic rings. The second-order valence-electron chi connectivity index (χ2n) is 9.86. The molecule has 7 heteroatoms. The van der Waals surface area contributed by atoms with E-state index in [9.17, 15) is 14.4 Å². The number of nitrogens with zero attached hydrogens (tertiary/aromatic N) is 2. The summed E-state index contributed by atoms with van der Waals surface area (Å²) in [6.45, 7) is 9.46. The van der Waals surface area contributed by atoms with Gasteiger partial charge in [-0.1, -0.05) is 20.8 Å². The summed E-state index contributed by atoms with van der Waals surface area (Å²) < 4.78 is 0. The summed E-state index contributed by atoms with van der Waals surface area (Å²) in [6.07, 6.45) is 4.22. The minimum Gasteiger partial charge on any atom is -0.341 e. The molecule has 152 valence electrons. The van der Waals surface area contributed by atoms with Crippen molar-refractivity contribution >= 4 is 17.8 Å². The van der Waals surface area contributed by atoms with E-state index in [0.29, 0.717) is 31.8 Å². The van der Waals surface area contributed by atoms with Crippen LogP contribution in [-0.4, -0.2) is 58.9 Å². The molecule has 0 aromatic heterocycles. The summed E-state index contributed by atoms with van der Waals surface area (Å²) in [5.74, 6) is 0.227. The van der Waals surface area contributed by atoms with E-state index < -0.39 is 11.6 Å². The number of likely N-dealkylation sites (tertiary alicyclic amines) is 1. The van der Waals surface area contributed by atoms with Gasteiger partial charge in [-0.15, -0.1) is 0 Å². The van der Waals surface area contributed by atoms with Gasteiger partial charge in [-0.05, 0) is 56.3 Å². The molecule has 2 aliphatic heterocycles. The van der Waals surface area contributed by atoms with Crippen LogP contribution in [0, 0.1) is 17.3 Å². The van der Waals surface area contributed by atoms with Gasteiger partial charge in [0.05, 0.1) is 0 Å². The molecule has 2 saturated heterocycles. The largest absolute Gasteiger partial charge is 0.341 e. The number of nitrogens with one attached hydrogen (secondary N) is 1. The lowest BCUT2D eigenvalue weighted by Crippen LogP contribution is -2.54. The monoisotopic (exact) mass is 378 g/mol. The van der Waals surface area contributed by atoms with Gasteiger partial charge in [0.1, 0.15) is 12.1 Å². The van der Waals surface area contributed by atoms with Crippen molar-refractivity contribution in [3.05, 3.63) is 0 Å². The highest BCUT2D eigenvalue weighted by Gasteiger charge is 2.56. The third-order valence-electron chi connectivity index (χ3n) is 6.47. The Morgan fingerprint density at radius 2 is 2.04 bits per heavy atom. The van der Waals surface area contributed by atoms with Crippen LogP contribution in [0.3, 0.4) is 0 Å². The first-order chi connectivity index (χ1) is 12.5. The molecule has 4 unspecified atom stereocenters. The van der Waals surface area contributed by atoms with Crippen LogP contribution in [0.1, 0.15) is 59.8 Å². The fraction of sp³-hybridized carbons (Fsp3) is 0.850. The molecule has 3 rings (SSSR count). The van der Waals surface area contributed by atoms with Crippen molar-refractivity contribution in [1.29, 1.82) is 0 Å². The average Bonchev–Trinajstić information content (AvgIpc) is 2.76. The first kappa shape index (κ1) is 20.1. The Labute approximate surface area is 162 Å². The van der Waals surface area contributed by atoms with Crippen molar-refractivity contribution in [2.24, 2.45) is 23.0 Å². The van der Waals surface area contributed by atoms with E-state index in [4.69, 9.17) is 5.73 Å². The lowest BCUT2D eigenvalue weighted by Gasteiger charge is -2.43. The number of carbonyl (C=O) groups excluding carboxylic acids is 3. The third kappa shape index (κ3) is 3.98. The van der Waals surface area contributed by atoms with E-state index in [2.05, 4.69) is 26.1 Å². The molecular formula is C20H34N4O3. The van der Waals surface area contributed by atoms with Crippen LogP contribution in [0.4, 0.5) is 4.79 Å². The molecule has 2 heterocycles. The molecule has 1 aliphatic carbocycles. The van der Waals surface area contributed by atoms with Crippen molar-refractivity contribution in [3.63, 3.8) is 0 Å². The molecule has 0 bridgehead atoms. The zero-order valence-corrected chi connectivity index (χ0v) is 17.1. The predicted molar refractivity (Wildman–Crippen MR) is 103 cm³/mol. The predicted octanol–water partition coefficient (Wildman–Crippen LogP) is 1.71. The van der Waals surface area contributed by atoms with Crippen LogP contribution < -0.4 is 11.1 Å². The maximum absolute atomic E-state index is 13.2. The van der Waals surface area contributed by atoms with Gasteiger partial charge < -0.3 is 16.0 Å². The molecule has 3 N–H and O–H groups in total. The summed E-state index contributed by atoms with van der Waals surface area (Å²) in [7, 11) is 0. The Morgan fingerprint density at radius 1 is 1.33 bits per heavy atom. The maximum Gasteiger partial charge on any atom is 0.325 e. The van der Waals surface area contributed by atoms with Gasteiger partial charge in [-0.2, -0.15) is 0 Å². The number of imide groups is 1. The highest BCUT2D eigenvalue weighted by molar-refractivity contribution is 6.09. The fourth-order valence-electron chi connectivity index (χ4n) is 5.55. The summed E-state index contributed by atoms with van der Waals surface area (Å²) in [4.78, 5) is 41.4. The van der Waals surface area contributed by atoms with Gasteiger partial charge in [0.25, 0.3) is 5.91 Å². The number of urea groups is 1. The maximum atomic E-state index is 13.2. The van der Waals surface area contributed by atoms with Crippen LogP contribution in [0.2, 0.25) is 0 Å². The van der Waals surface area contributed by atoms with E-state index in [1.807, 2.05) is 6.92 Å². The second-order valence-corrected chi connectivity index (χ2v) is 9.86. The molecule has 3 fully saturated rings. The van der Waals surface area contributed by atoms with Gasteiger partial charge in [-0.3, -0.25) is 14.5 Å². The first-order valence-electron chi connectivity index (χ1n) is 10.2. The van der Waals surface area contributed by atoms with E-state index in [1.165, 1.54) is 0 Å². The minimum absolute atomic E-state index is 0.0159. The topological polar surface area (TPSA) is 95.7 Å². The van der Waals surface area contributed by atoms with Crippen LogP contribution in [0.25, 0.3) is 0 Å². The SMILES string of the molecule is CC1CC(C)(C)CC2(C1)NC(=O)N(CC(=O)N1CCCC(C(C)N)C1)C2=O. The number of amides is 4. The number of nitrogens with two attached hydrogens (primary N) is 1. The average molecular weight is 379 g/mol. The van der Waals surface area contributed by atoms with Gasteiger partial charge in [0.15, 0.2) is 0 Å². The first-order valence-corrected chi connectivity index (χ1v) is 10.2. The smallest absolute Gasteiger partial charge is 0.325 e. The van der Waals surface area contributed by atoms with Crippen molar-refractivity contribution < 1.29 is 14.4 Å². The van der Waals surface area contributed by atoms with Crippen molar-refractivity contribution in [2.45, 2.75) is 71.4 Å². The molecule has 4 amide bonds. The Bertz CT molecular complexity index is 633. The van der Waals surface area contributed by atoms with E-state index in [1.54, 1.807) is 4.90 Å². The van der Waals surface area contributed by atoms with Crippen LogP contribution >= 0.6 is 0 Å². The Balaban J connectivity index is 1.70. The van der Waals surface area contributed by atoms with Crippen LogP contribution in [-0.2, 0) is 9.59 Å². The van der Waals surface area contributed by atoms with Gasteiger partial charge >= 0.3 is 6.03 Å². The zero-order valence-electron chi connectivity index (χ0n) is 17.1. The highest BCUT2D eigenvalue weighted by atomic mass is 16.2. The zero-order chi connectivity index (χ0) is 20.0. The number of carbonyl (C=O) groups is 3. The van der Waals surface area contributed by atoms with Crippen LogP contribution in [0.15, 0.2) is 0 Å². The molecule has 7 nitrogen and oxygen atoms in total. The molecule has 4 atom stereocenters. The van der Waals surface area contributed by atoms with Gasteiger partial charge in [0, 0.05) is 19.1 Å². The van der Waals surface area contributed by atoms with Crippen LogP contribution in [0.5, 0.6) is 0 Å². The third-order valence-corrected chi connectivity index (χ3v) is 6.47. The quantitative estimate of drug-likeness (QED) is 0.731. The molecule has 1 spiro atoms. The van der Waals surface area contributed by atoms with Crippen molar-refractivity contribution in [3.8, 4) is 0 Å². The van der Waals surface area contributed by atoms with Gasteiger partial charge in [0.2, 0.25) is 5.91 Å². The van der Waals surface area contributed by atoms with E-state index in [-0.39, 0.29) is 35.7 Å². The standard InChI is InChI=1S/C20H34N4O3/c1-13-8-19(3,4)12-20(9-13)17(26)24(18(27)22-20)11-16(25)23-7-5-6-15(10-23)14(2)21/h13-15H,5-12,21H2,1-4H3,(H,22,27). The van der Waals surface area contributed by atoms with Crippen molar-refractivity contribution in [2.75, 3.05) is 19.6 Å². The summed E-state index contributed by atoms with van der Waals surface area (Å²) >= 11 is 0. The highest BCUT2D eigenvalue weighted by Crippen LogP contribution is 2.46. The summed E-state index contributed by atoms with van der Waals surface area (Å²) in [6, 6.07) is -0.398. The summed E-state index contributed by atoms with van der Waals surface area (Å²) in [5.41, 5.74) is 5.13. The fourth-order valence-corrected chi connectivity index (χ4v) is 5.55. The molecule has 0 radical (unpaired) electrons. The van der Waals surface area contributed by atoms with Gasteiger partial charge in [-0.25, -0.2) is 4.79 Å². The molecule has 0 aromatic carbocycles. The summed E-state index contributed by atoms with van der Waals surface area (Å²) in [5, 5.41) is 2.94. The minimum atomic E-state index is -0.852. The Hall–Kier alpha value is -1.63. The van der Waals surface area contributed by atoms with E-state index in [0.717, 1.165) is 24.2 Å². The number of rotatable bonds is 3. The second kappa shape index (κ2) is 7.08. The molecule has 0 aromatic rings. The normalized spacial score (nSPS) is 34.7. The number of hydrogen-bond acceptors (Lipinski definition) is 4. The lowest BCUT2D eigenvalue weighted by molar-refractivity contribution is -0.141. The number of piperidine rings is 1. The molecule has 27 heavy (non-hydrogen) atoms. The lowest BCUT2D eigenvalue weighted by atomic mass is 9.64. The number of hydrogen-bond donors (Lipinski definition) is 2. The Kier molecular flexibility index (Phi) is 5.27. The van der Waals surface area contributed by atoms with E-state index >= 15 is 0 Å². The molecule has 1 saturated carbocycles. The Morgan fingerprint density at radius 3 is 2.67 bits per heavy atom.